The molecule has 3 atom stereocenters. The molecule has 42 heavy (non-hydrogen) atoms. The van der Waals surface area contributed by atoms with Gasteiger partial charge in [0.25, 0.3) is 0 Å². The molecule has 0 aliphatic heterocycles. The summed E-state index contributed by atoms with van der Waals surface area (Å²) in [6.45, 7) is 6.13. The minimum Gasteiger partial charge on any atom is -0.366 e. The van der Waals surface area contributed by atoms with Gasteiger partial charge in [-0.25, -0.2) is 14.4 Å². The van der Waals surface area contributed by atoms with Gasteiger partial charge in [0.05, 0.1) is 0 Å². The fourth-order valence-corrected chi connectivity index (χ4v) is 4.88. The Morgan fingerprint density at radius 3 is 0.881 bits per heavy atom. The molecule has 0 bridgehead atoms. The minimum absolute atomic E-state index is 0.141. The maximum atomic E-state index is 13.4. The lowest BCUT2D eigenvalue weighted by Crippen LogP contribution is -2.58. The smallest absolute Gasteiger partial charge is 0.366 e. The van der Waals surface area contributed by atoms with Crippen LogP contribution in [0.4, 0.5) is 0 Å². The molecule has 0 spiro atoms. The van der Waals surface area contributed by atoms with E-state index in [4.69, 9.17) is 14.5 Å². The minimum atomic E-state index is -1.14. The van der Waals surface area contributed by atoms with Gasteiger partial charge in [-0.05, 0) is 72.4 Å². The third-order valence-corrected chi connectivity index (χ3v) is 9.96. The average Bonchev–Trinajstić information content (AvgIpc) is 3.03. The number of alkyl halides is 3. The van der Waals surface area contributed by atoms with Crippen molar-refractivity contribution in [3.8, 4) is 17.2 Å². The van der Waals surface area contributed by atoms with E-state index in [2.05, 4.69) is 47.8 Å². The van der Waals surface area contributed by atoms with Gasteiger partial charge >= 0.3 is 17.1 Å². The number of hydrogen-bond acceptors (Lipinski definition) is 6. The van der Waals surface area contributed by atoms with Crippen LogP contribution in [0.25, 0.3) is 0 Å². The van der Waals surface area contributed by atoms with Crippen molar-refractivity contribution in [3.63, 3.8) is 0 Å². The molecule has 0 N–H and O–H groups in total. The summed E-state index contributed by atoms with van der Waals surface area (Å²) < 4.78 is 1.26. The Balaban J connectivity index is 1.76. The lowest BCUT2D eigenvalue weighted by atomic mass is 10.1. The SMILES string of the molecule is CCC(Br)c1ccc(On2c(=O)n(Oc3ccc(C(Br)CC)cc3)c(=O)n(Oc3ccc(C(Br)CC)cc3)c2=O)cc1. The Morgan fingerprint density at radius 1 is 0.476 bits per heavy atom. The van der Waals surface area contributed by atoms with Gasteiger partial charge in [0.15, 0.2) is 17.2 Å². The first-order chi connectivity index (χ1) is 20.2. The van der Waals surface area contributed by atoms with Crippen molar-refractivity contribution in [1.82, 2.24) is 14.2 Å². The van der Waals surface area contributed by atoms with E-state index in [0.29, 0.717) is 14.2 Å². The summed E-state index contributed by atoms with van der Waals surface area (Å²) >= 11 is 10.8. The van der Waals surface area contributed by atoms with Crippen LogP contribution in [0.2, 0.25) is 0 Å². The highest BCUT2D eigenvalue weighted by Crippen LogP contribution is 2.29. The van der Waals surface area contributed by atoms with E-state index in [1.165, 1.54) is 0 Å². The molecule has 4 rings (SSSR count). The van der Waals surface area contributed by atoms with Gasteiger partial charge in [0, 0.05) is 14.5 Å². The summed E-state index contributed by atoms with van der Waals surface area (Å²) in [5, 5.41) is 0. The van der Waals surface area contributed by atoms with Crippen molar-refractivity contribution >= 4 is 47.8 Å². The Bertz CT molecular complexity index is 1440. The molecule has 0 radical (unpaired) electrons. The molecule has 0 amide bonds. The molecular formula is C30H30Br3N3O6. The Labute approximate surface area is 267 Å². The lowest BCUT2D eigenvalue weighted by molar-refractivity contribution is 0.0655. The molecule has 0 saturated heterocycles. The number of benzene rings is 3. The molecule has 0 saturated carbocycles. The van der Waals surface area contributed by atoms with E-state index in [-0.39, 0.29) is 31.7 Å². The molecule has 12 heteroatoms. The molecule has 222 valence electrons. The van der Waals surface area contributed by atoms with Gasteiger partial charge in [-0.3, -0.25) is 0 Å². The largest absolute Gasteiger partial charge is 0.404 e. The highest BCUT2D eigenvalue weighted by Gasteiger charge is 2.21. The molecule has 0 aliphatic carbocycles. The van der Waals surface area contributed by atoms with Crippen LogP contribution in [-0.4, -0.2) is 14.2 Å². The molecule has 1 heterocycles. The van der Waals surface area contributed by atoms with Crippen molar-refractivity contribution in [1.29, 1.82) is 0 Å². The van der Waals surface area contributed by atoms with Crippen LogP contribution in [0, 0.1) is 0 Å². The quantitative estimate of drug-likeness (QED) is 0.141. The maximum absolute atomic E-state index is 13.4. The molecular weight excluding hydrogens is 738 g/mol. The fourth-order valence-electron chi connectivity index (χ4n) is 3.96. The van der Waals surface area contributed by atoms with Crippen LogP contribution < -0.4 is 31.6 Å². The van der Waals surface area contributed by atoms with Gasteiger partial charge in [-0.1, -0.05) is 119 Å². The number of nitrogens with zero attached hydrogens (tertiary/aromatic N) is 3. The zero-order valence-corrected chi connectivity index (χ0v) is 28.0. The first kappa shape index (κ1) is 31.8. The van der Waals surface area contributed by atoms with Crippen LogP contribution in [0.1, 0.15) is 71.2 Å². The topological polar surface area (TPSA) is 93.7 Å². The maximum Gasteiger partial charge on any atom is 0.404 e. The number of halogens is 3. The second-order valence-corrected chi connectivity index (χ2v) is 12.7. The summed E-state index contributed by atoms with van der Waals surface area (Å²) in [6, 6.07) is 20.6. The highest BCUT2D eigenvalue weighted by atomic mass is 79.9. The molecule has 3 aromatic carbocycles. The van der Waals surface area contributed by atoms with Gasteiger partial charge < -0.3 is 14.5 Å². The van der Waals surface area contributed by atoms with Crippen LogP contribution >= 0.6 is 47.8 Å². The summed E-state index contributed by atoms with van der Waals surface area (Å²) in [4.78, 5) is 57.7. The Kier molecular flexibility index (Phi) is 10.9. The lowest BCUT2D eigenvalue weighted by Gasteiger charge is -2.15. The van der Waals surface area contributed by atoms with Gasteiger partial charge in [0.1, 0.15) is 0 Å². The average molecular weight is 768 g/mol. The summed E-state index contributed by atoms with van der Waals surface area (Å²) in [5.41, 5.74) is -0.422. The number of rotatable bonds is 12. The molecule has 9 nitrogen and oxygen atoms in total. The van der Waals surface area contributed by atoms with Crippen LogP contribution in [0.15, 0.2) is 87.2 Å². The van der Waals surface area contributed by atoms with E-state index in [9.17, 15) is 14.4 Å². The zero-order valence-electron chi connectivity index (χ0n) is 23.2. The van der Waals surface area contributed by atoms with Gasteiger partial charge in [0.2, 0.25) is 0 Å². The first-order valence-corrected chi connectivity index (χ1v) is 16.2. The standard InChI is InChI=1S/C30H30Br3N3O6/c1-4-25(31)19-7-13-22(14-8-19)40-34-28(37)35(41-23-15-9-20(10-16-23)26(32)5-2)30(39)36(29(34)38)42-24-17-11-21(12-18-24)27(33)6-3/h7-18,25-27H,4-6H2,1-3H3. The normalized spacial score (nSPS) is 13.3. The van der Waals surface area contributed by atoms with Gasteiger partial charge in [-0.15, -0.1) is 0 Å². The molecule has 0 fully saturated rings. The third-order valence-electron chi connectivity index (χ3n) is 6.43. The van der Waals surface area contributed by atoms with Crippen LogP contribution in [0.5, 0.6) is 17.2 Å². The number of hydrogen-bond donors (Lipinski definition) is 0. The van der Waals surface area contributed by atoms with Crippen molar-refractivity contribution in [2.75, 3.05) is 0 Å². The van der Waals surface area contributed by atoms with Crippen molar-refractivity contribution in [3.05, 3.63) is 121 Å². The zero-order chi connectivity index (χ0) is 30.4. The van der Waals surface area contributed by atoms with Crippen molar-refractivity contribution < 1.29 is 14.5 Å². The Morgan fingerprint density at radius 2 is 0.690 bits per heavy atom. The fraction of sp³-hybridized carbons (Fsp3) is 0.300. The predicted octanol–water partition coefficient (Wildman–Crippen LogP) is 7.24. The van der Waals surface area contributed by atoms with Crippen LogP contribution in [-0.2, 0) is 0 Å². The van der Waals surface area contributed by atoms with Crippen molar-refractivity contribution in [2.24, 2.45) is 0 Å². The highest BCUT2D eigenvalue weighted by molar-refractivity contribution is 9.09. The van der Waals surface area contributed by atoms with Gasteiger partial charge in [-0.2, -0.15) is 0 Å². The second-order valence-electron chi connectivity index (χ2n) is 9.34. The van der Waals surface area contributed by atoms with E-state index in [1.54, 1.807) is 36.4 Å². The molecule has 4 aromatic rings. The van der Waals surface area contributed by atoms with Crippen molar-refractivity contribution in [2.45, 2.75) is 54.5 Å². The van der Waals surface area contributed by atoms with E-state index in [0.717, 1.165) is 36.0 Å². The molecule has 3 unspecified atom stereocenters. The second kappa shape index (κ2) is 14.4. The summed E-state index contributed by atoms with van der Waals surface area (Å²) in [6.07, 6.45) is 2.61. The van der Waals surface area contributed by atoms with Crippen LogP contribution in [0.3, 0.4) is 0 Å². The predicted molar refractivity (Wildman–Crippen MR) is 173 cm³/mol. The van der Waals surface area contributed by atoms with E-state index >= 15 is 0 Å². The first-order valence-electron chi connectivity index (χ1n) is 13.4. The number of aromatic nitrogens is 3. The van der Waals surface area contributed by atoms with E-state index in [1.807, 2.05) is 57.2 Å². The Hall–Kier alpha value is -3.09. The monoisotopic (exact) mass is 765 g/mol. The van der Waals surface area contributed by atoms with E-state index < -0.39 is 17.1 Å². The summed E-state index contributed by atoms with van der Waals surface area (Å²) in [5.74, 6) is 0.597. The summed E-state index contributed by atoms with van der Waals surface area (Å²) in [7, 11) is 0. The molecule has 0 aliphatic rings. The molecule has 1 aromatic heterocycles. The third kappa shape index (κ3) is 7.27.